The molecule has 2 aromatic heterocycles. The van der Waals surface area contributed by atoms with Gasteiger partial charge in [-0.2, -0.15) is 5.10 Å². The number of amides is 1. The van der Waals surface area contributed by atoms with Gasteiger partial charge in [-0.3, -0.25) is 9.48 Å². The standard InChI is InChI=1S/C17H26N6O2/c1-4-22-10-12(9-18-22)16(24)19-13-7-5-6-8-14(13)23-11-15(20-21-23)17(2,3)25/h9-11,13-14,25H,4-8H2,1-3H3,(H,19,24)/t13-,14+/m0/s1. The Morgan fingerprint density at radius 1 is 1.36 bits per heavy atom. The van der Waals surface area contributed by atoms with Crippen LogP contribution >= 0.6 is 0 Å². The second-order valence-electron chi connectivity index (χ2n) is 7.16. The van der Waals surface area contributed by atoms with Crippen LogP contribution in [-0.4, -0.2) is 41.8 Å². The van der Waals surface area contributed by atoms with Gasteiger partial charge in [-0.25, -0.2) is 4.68 Å². The summed E-state index contributed by atoms with van der Waals surface area (Å²) in [6, 6.07) is 0.0325. The first kappa shape index (κ1) is 17.6. The highest BCUT2D eigenvalue weighted by atomic mass is 16.3. The van der Waals surface area contributed by atoms with Crippen LogP contribution in [0, 0.1) is 0 Å². The molecule has 1 amide bonds. The Kier molecular flexibility index (Phi) is 4.89. The molecular weight excluding hydrogens is 320 g/mol. The van der Waals surface area contributed by atoms with Crippen molar-refractivity contribution in [3.63, 3.8) is 0 Å². The fraction of sp³-hybridized carbons (Fsp3) is 0.647. The summed E-state index contributed by atoms with van der Waals surface area (Å²) in [5, 5.41) is 25.7. The van der Waals surface area contributed by atoms with Crippen LogP contribution in [0.15, 0.2) is 18.6 Å². The van der Waals surface area contributed by atoms with E-state index in [1.807, 2.05) is 6.92 Å². The first-order chi connectivity index (χ1) is 11.9. The van der Waals surface area contributed by atoms with Crippen LogP contribution in [0.2, 0.25) is 0 Å². The zero-order chi connectivity index (χ0) is 18.0. The summed E-state index contributed by atoms with van der Waals surface area (Å²) in [5.41, 5.74) is 0.0785. The van der Waals surface area contributed by atoms with Crippen LogP contribution in [0.3, 0.4) is 0 Å². The summed E-state index contributed by atoms with van der Waals surface area (Å²) >= 11 is 0. The lowest BCUT2D eigenvalue weighted by Gasteiger charge is -2.31. The van der Waals surface area contributed by atoms with Gasteiger partial charge in [-0.1, -0.05) is 18.1 Å². The molecule has 2 heterocycles. The van der Waals surface area contributed by atoms with Crippen molar-refractivity contribution >= 4 is 5.91 Å². The Bertz CT molecular complexity index is 730. The Labute approximate surface area is 147 Å². The lowest BCUT2D eigenvalue weighted by molar-refractivity contribution is 0.0736. The molecule has 0 aliphatic heterocycles. The van der Waals surface area contributed by atoms with Crippen LogP contribution in [0.5, 0.6) is 0 Å². The molecule has 1 aliphatic carbocycles. The third kappa shape index (κ3) is 3.89. The first-order valence-corrected chi connectivity index (χ1v) is 8.86. The Morgan fingerprint density at radius 3 is 2.76 bits per heavy atom. The van der Waals surface area contributed by atoms with E-state index in [0.29, 0.717) is 11.3 Å². The van der Waals surface area contributed by atoms with E-state index < -0.39 is 5.60 Å². The Hall–Kier alpha value is -2.22. The molecule has 2 N–H and O–H groups in total. The molecule has 0 aromatic carbocycles. The van der Waals surface area contributed by atoms with Crippen molar-refractivity contribution in [2.75, 3.05) is 0 Å². The molecule has 0 spiro atoms. The molecule has 0 unspecified atom stereocenters. The minimum atomic E-state index is -1.03. The predicted octanol–water partition coefficient (Wildman–Crippen LogP) is 1.64. The maximum atomic E-state index is 12.5. The topological polar surface area (TPSA) is 97.9 Å². The summed E-state index contributed by atoms with van der Waals surface area (Å²) < 4.78 is 3.52. The number of carbonyl (C=O) groups is 1. The lowest BCUT2D eigenvalue weighted by atomic mass is 9.90. The normalized spacial score (nSPS) is 21.3. The number of carbonyl (C=O) groups excluding carboxylic acids is 1. The maximum Gasteiger partial charge on any atom is 0.254 e. The molecule has 2 aromatic rings. The second-order valence-corrected chi connectivity index (χ2v) is 7.16. The van der Waals surface area contributed by atoms with E-state index in [1.54, 1.807) is 41.8 Å². The molecule has 2 atom stereocenters. The largest absolute Gasteiger partial charge is 0.384 e. The van der Waals surface area contributed by atoms with Crippen LogP contribution in [0.1, 0.15) is 68.5 Å². The first-order valence-electron chi connectivity index (χ1n) is 8.86. The number of rotatable bonds is 5. The average Bonchev–Trinajstić information content (AvgIpc) is 3.24. The van der Waals surface area contributed by atoms with E-state index in [4.69, 9.17) is 0 Å². The van der Waals surface area contributed by atoms with Crippen molar-refractivity contribution < 1.29 is 9.90 Å². The highest BCUT2D eigenvalue weighted by Gasteiger charge is 2.31. The van der Waals surface area contributed by atoms with E-state index in [9.17, 15) is 9.90 Å². The maximum absolute atomic E-state index is 12.5. The van der Waals surface area contributed by atoms with Gasteiger partial charge in [-0.15, -0.1) is 5.10 Å². The number of aryl methyl sites for hydroxylation is 1. The van der Waals surface area contributed by atoms with Crippen molar-refractivity contribution in [3.05, 3.63) is 29.8 Å². The molecule has 25 heavy (non-hydrogen) atoms. The molecule has 0 radical (unpaired) electrons. The van der Waals surface area contributed by atoms with Crippen LogP contribution in [-0.2, 0) is 12.1 Å². The van der Waals surface area contributed by atoms with E-state index in [-0.39, 0.29) is 18.0 Å². The minimum absolute atomic E-state index is 0.0115. The van der Waals surface area contributed by atoms with Gasteiger partial charge in [0, 0.05) is 12.7 Å². The second kappa shape index (κ2) is 6.95. The van der Waals surface area contributed by atoms with E-state index in [0.717, 1.165) is 32.2 Å². The molecule has 0 saturated heterocycles. The zero-order valence-electron chi connectivity index (χ0n) is 15.0. The van der Waals surface area contributed by atoms with E-state index >= 15 is 0 Å². The van der Waals surface area contributed by atoms with Gasteiger partial charge in [-0.05, 0) is 33.6 Å². The monoisotopic (exact) mass is 346 g/mol. The molecule has 136 valence electrons. The number of aromatic nitrogens is 5. The SMILES string of the molecule is CCn1cc(C(=O)N[C@H]2CCCC[C@H]2n2cc(C(C)(C)O)nn2)cn1. The average molecular weight is 346 g/mol. The van der Waals surface area contributed by atoms with E-state index in [2.05, 4.69) is 20.7 Å². The molecule has 1 fully saturated rings. The van der Waals surface area contributed by atoms with Crippen LogP contribution in [0.25, 0.3) is 0 Å². The molecule has 1 aliphatic rings. The van der Waals surface area contributed by atoms with Gasteiger partial charge in [0.1, 0.15) is 11.3 Å². The summed E-state index contributed by atoms with van der Waals surface area (Å²) in [5.74, 6) is -0.112. The van der Waals surface area contributed by atoms with Crippen molar-refractivity contribution in [2.24, 2.45) is 0 Å². The minimum Gasteiger partial charge on any atom is -0.384 e. The summed E-state index contributed by atoms with van der Waals surface area (Å²) in [7, 11) is 0. The third-order valence-electron chi connectivity index (χ3n) is 4.74. The van der Waals surface area contributed by atoms with Crippen molar-refractivity contribution in [1.82, 2.24) is 30.1 Å². The molecule has 8 heteroatoms. The lowest BCUT2D eigenvalue weighted by Crippen LogP contribution is -2.43. The smallest absolute Gasteiger partial charge is 0.254 e. The number of hydrogen-bond donors (Lipinski definition) is 2. The summed E-state index contributed by atoms with van der Waals surface area (Å²) in [6.45, 7) is 6.09. The van der Waals surface area contributed by atoms with Crippen molar-refractivity contribution in [3.8, 4) is 0 Å². The quantitative estimate of drug-likeness (QED) is 0.857. The molecule has 3 rings (SSSR count). The van der Waals surface area contributed by atoms with Crippen molar-refractivity contribution in [2.45, 2.75) is 70.7 Å². The van der Waals surface area contributed by atoms with Crippen LogP contribution in [0.4, 0.5) is 0 Å². The number of nitrogens with one attached hydrogen (secondary N) is 1. The number of aliphatic hydroxyl groups is 1. The van der Waals surface area contributed by atoms with Gasteiger partial charge in [0.15, 0.2) is 0 Å². The van der Waals surface area contributed by atoms with Crippen LogP contribution < -0.4 is 5.32 Å². The van der Waals surface area contributed by atoms with Gasteiger partial charge in [0.25, 0.3) is 5.91 Å². The fourth-order valence-electron chi connectivity index (χ4n) is 3.22. The zero-order valence-corrected chi connectivity index (χ0v) is 15.0. The molecular formula is C17H26N6O2. The highest BCUT2D eigenvalue weighted by Crippen LogP contribution is 2.29. The van der Waals surface area contributed by atoms with Gasteiger partial charge < -0.3 is 10.4 Å². The molecule has 0 bridgehead atoms. The third-order valence-corrected chi connectivity index (χ3v) is 4.74. The predicted molar refractivity (Wildman–Crippen MR) is 91.9 cm³/mol. The summed E-state index contributed by atoms with van der Waals surface area (Å²) in [4.78, 5) is 12.5. The number of hydrogen-bond acceptors (Lipinski definition) is 5. The molecule has 1 saturated carbocycles. The molecule has 8 nitrogen and oxygen atoms in total. The van der Waals surface area contributed by atoms with Gasteiger partial charge in [0.05, 0.1) is 30.0 Å². The van der Waals surface area contributed by atoms with Crippen molar-refractivity contribution in [1.29, 1.82) is 0 Å². The highest BCUT2D eigenvalue weighted by molar-refractivity contribution is 5.93. The fourth-order valence-corrected chi connectivity index (χ4v) is 3.22. The Balaban J connectivity index is 1.74. The summed E-state index contributed by atoms with van der Waals surface area (Å²) in [6.07, 6.45) is 9.12. The van der Waals surface area contributed by atoms with E-state index in [1.165, 1.54) is 0 Å². The van der Waals surface area contributed by atoms with Gasteiger partial charge >= 0.3 is 0 Å². The Morgan fingerprint density at radius 2 is 2.12 bits per heavy atom. The number of nitrogens with zero attached hydrogens (tertiary/aromatic N) is 5. The van der Waals surface area contributed by atoms with Gasteiger partial charge in [0.2, 0.25) is 0 Å².